The van der Waals surface area contributed by atoms with Crippen LogP contribution in [0.15, 0.2) is 0 Å². The molecule has 1 unspecified atom stereocenters. The van der Waals surface area contributed by atoms with E-state index in [0.29, 0.717) is 13.2 Å². The van der Waals surface area contributed by atoms with Gasteiger partial charge in [0.05, 0.1) is 13.2 Å². The summed E-state index contributed by atoms with van der Waals surface area (Å²) in [7, 11) is 0. The maximum atomic E-state index is 8.38. The molecule has 0 spiro atoms. The van der Waals surface area contributed by atoms with Gasteiger partial charge >= 0.3 is 0 Å². The summed E-state index contributed by atoms with van der Waals surface area (Å²) in [6.45, 7) is 6.67. The molecule has 67 valence electrons. The summed E-state index contributed by atoms with van der Waals surface area (Å²) >= 11 is 0. The molecule has 1 radical (unpaired) electrons. The minimum absolute atomic E-state index is 0.0170. The van der Waals surface area contributed by atoms with Gasteiger partial charge in [-0.3, -0.25) is 0 Å². The Labute approximate surface area is 68.3 Å². The quantitative estimate of drug-likeness (QED) is 0.446. The van der Waals surface area contributed by atoms with Gasteiger partial charge in [0, 0.05) is 13.5 Å². The smallest absolute Gasteiger partial charge is 0.157 e. The van der Waals surface area contributed by atoms with Gasteiger partial charge in [-0.1, -0.05) is 13.3 Å². The average molecular weight is 161 g/mol. The molecule has 11 heavy (non-hydrogen) atoms. The zero-order chi connectivity index (χ0) is 8.53. The molecule has 0 amide bonds. The number of hydrogen-bond acceptors (Lipinski definition) is 3. The molecular formula is C8H17O3. The van der Waals surface area contributed by atoms with E-state index in [1.807, 2.05) is 0 Å². The van der Waals surface area contributed by atoms with Crippen LogP contribution in [0.4, 0.5) is 0 Å². The van der Waals surface area contributed by atoms with Crippen molar-refractivity contribution in [2.24, 2.45) is 0 Å². The molecule has 1 N–H and O–H groups in total. The summed E-state index contributed by atoms with van der Waals surface area (Å²) in [5.41, 5.74) is 0. The third kappa shape index (κ3) is 7.78. The Morgan fingerprint density at radius 3 is 2.55 bits per heavy atom. The third-order valence-corrected chi connectivity index (χ3v) is 1.20. The Morgan fingerprint density at radius 2 is 2.00 bits per heavy atom. The summed E-state index contributed by atoms with van der Waals surface area (Å²) in [6.07, 6.45) is 1.69. The van der Waals surface area contributed by atoms with Gasteiger partial charge in [0.25, 0.3) is 0 Å². The largest absolute Gasteiger partial charge is 0.394 e. The molecule has 0 saturated heterocycles. The van der Waals surface area contributed by atoms with Crippen molar-refractivity contribution in [1.82, 2.24) is 0 Å². The maximum Gasteiger partial charge on any atom is 0.157 e. The Balaban J connectivity index is 3.02. The van der Waals surface area contributed by atoms with Crippen molar-refractivity contribution in [1.29, 1.82) is 0 Å². The van der Waals surface area contributed by atoms with Crippen molar-refractivity contribution in [2.45, 2.75) is 26.1 Å². The van der Waals surface area contributed by atoms with E-state index in [2.05, 4.69) is 13.8 Å². The van der Waals surface area contributed by atoms with Gasteiger partial charge in [0.2, 0.25) is 0 Å². The summed E-state index contributed by atoms with van der Waals surface area (Å²) in [6, 6.07) is 0. The van der Waals surface area contributed by atoms with E-state index >= 15 is 0 Å². The molecule has 0 aromatic heterocycles. The van der Waals surface area contributed by atoms with Crippen LogP contribution in [-0.4, -0.2) is 31.2 Å². The standard InChI is InChI=1S/C8H17O3/c1-3-4-6-10-8(2)11-7-5-9/h8-9H,2-7H2,1H3. The van der Waals surface area contributed by atoms with E-state index in [9.17, 15) is 0 Å². The Hall–Kier alpha value is -0.120. The van der Waals surface area contributed by atoms with Crippen LogP contribution < -0.4 is 0 Å². The SMILES string of the molecule is [CH2]C(OCCO)OCCCC. The number of hydrogen-bond donors (Lipinski definition) is 1. The van der Waals surface area contributed by atoms with Crippen LogP contribution in [0.2, 0.25) is 0 Å². The second kappa shape index (κ2) is 7.98. The molecule has 0 aliphatic carbocycles. The van der Waals surface area contributed by atoms with Crippen LogP contribution in [0.1, 0.15) is 19.8 Å². The Kier molecular flexibility index (Phi) is 7.89. The fraction of sp³-hybridized carbons (Fsp3) is 0.875. The van der Waals surface area contributed by atoms with Crippen molar-refractivity contribution < 1.29 is 14.6 Å². The van der Waals surface area contributed by atoms with Gasteiger partial charge in [-0.15, -0.1) is 0 Å². The summed E-state index contributed by atoms with van der Waals surface area (Å²) in [5.74, 6) is 0. The fourth-order valence-corrected chi connectivity index (χ4v) is 0.591. The highest BCUT2D eigenvalue weighted by Crippen LogP contribution is 1.95. The highest BCUT2D eigenvalue weighted by Gasteiger charge is 1.99. The first kappa shape index (κ1) is 10.9. The summed E-state index contributed by atoms with van der Waals surface area (Å²) in [5, 5.41) is 8.38. The molecule has 0 aromatic carbocycles. The predicted molar refractivity (Wildman–Crippen MR) is 43.0 cm³/mol. The van der Waals surface area contributed by atoms with E-state index < -0.39 is 6.29 Å². The summed E-state index contributed by atoms with van der Waals surface area (Å²) in [4.78, 5) is 0. The lowest BCUT2D eigenvalue weighted by Gasteiger charge is -2.12. The zero-order valence-electron chi connectivity index (χ0n) is 7.08. The van der Waals surface area contributed by atoms with Crippen LogP contribution in [0, 0.1) is 6.92 Å². The minimum Gasteiger partial charge on any atom is -0.394 e. The van der Waals surface area contributed by atoms with Crippen molar-refractivity contribution in [3.8, 4) is 0 Å². The molecule has 3 nitrogen and oxygen atoms in total. The van der Waals surface area contributed by atoms with Crippen LogP contribution in [0.25, 0.3) is 0 Å². The average Bonchev–Trinajstić information content (AvgIpc) is 2.01. The number of aliphatic hydroxyl groups excluding tert-OH is 1. The Bertz CT molecular complexity index is 75.7. The van der Waals surface area contributed by atoms with Gasteiger partial charge in [0.15, 0.2) is 6.29 Å². The van der Waals surface area contributed by atoms with Gasteiger partial charge in [0.1, 0.15) is 0 Å². The lowest BCUT2D eigenvalue weighted by Crippen LogP contribution is -2.16. The van der Waals surface area contributed by atoms with E-state index in [-0.39, 0.29) is 6.61 Å². The van der Waals surface area contributed by atoms with Crippen molar-refractivity contribution in [2.75, 3.05) is 19.8 Å². The lowest BCUT2D eigenvalue weighted by atomic mass is 10.4. The van der Waals surface area contributed by atoms with Crippen molar-refractivity contribution >= 4 is 0 Å². The number of aliphatic hydroxyl groups is 1. The maximum absolute atomic E-state index is 8.38. The molecule has 0 aliphatic heterocycles. The topological polar surface area (TPSA) is 38.7 Å². The van der Waals surface area contributed by atoms with Crippen LogP contribution in [0.3, 0.4) is 0 Å². The number of ether oxygens (including phenoxy) is 2. The third-order valence-electron chi connectivity index (χ3n) is 1.20. The highest BCUT2D eigenvalue weighted by molar-refractivity contribution is 4.45. The normalized spacial score (nSPS) is 13.4. The first-order valence-corrected chi connectivity index (χ1v) is 3.98. The van der Waals surface area contributed by atoms with Crippen LogP contribution in [-0.2, 0) is 9.47 Å². The second-order valence-corrected chi connectivity index (χ2v) is 2.25. The molecule has 1 atom stereocenters. The molecule has 0 saturated carbocycles. The molecule has 0 fully saturated rings. The molecule has 0 bridgehead atoms. The molecule has 0 rings (SSSR count). The lowest BCUT2D eigenvalue weighted by molar-refractivity contribution is -0.120. The monoisotopic (exact) mass is 161 g/mol. The summed E-state index contributed by atoms with van der Waals surface area (Å²) < 4.78 is 10.1. The molecule has 0 aliphatic rings. The highest BCUT2D eigenvalue weighted by atomic mass is 16.7. The van der Waals surface area contributed by atoms with Gasteiger partial charge < -0.3 is 14.6 Å². The predicted octanol–water partition coefficient (Wildman–Crippen LogP) is 0.972. The molecule has 0 heterocycles. The first-order valence-electron chi connectivity index (χ1n) is 3.98. The van der Waals surface area contributed by atoms with Gasteiger partial charge in [-0.2, -0.15) is 0 Å². The molecule has 0 aromatic rings. The van der Waals surface area contributed by atoms with Gasteiger partial charge in [-0.05, 0) is 6.42 Å². The van der Waals surface area contributed by atoms with Crippen molar-refractivity contribution in [3.05, 3.63) is 6.92 Å². The molecule has 3 heteroatoms. The number of rotatable bonds is 7. The van der Waals surface area contributed by atoms with E-state index in [1.165, 1.54) is 0 Å². The van der Waals surface area contributed by atoms with E-state index in [4.69, 9.17) is 14.6 Å². The Morgan fingerprint density at radius 1 is 1.36 bits per heavy atom. The molecular weight excluding hydrogens is 144 g/mol. The van der Waals surface area contributed by atoms with Gasteiger partial charge in [-0.25, -0.2) is 0 Å². The van der Waals surface area contributed by atoms with Crippen LogP contribution in [0.5, 0.6) is 0 Å². The fourth-order valence-electron chi connectivity index (χ4n) is 0.591. The zero-order valence-corrected chi connectivity index (χ0v) is 7.08. The van der Waals surface area contributed by atoms with E-state index in [1.54, 1.807) is 0 Å². The van der Waals surface area contributed by atoms with Crippen LogP contribution >= 0.6 is 0 Å². The second-order valence-electron chi connectivity index (χ2n) is 2.25. The van der Waals surface area contributed by atoms with Crippen molar-refractivity contribution in [3.63, 3.8) is 0 Å². The van der Waals surface area contributed by atoms with E-state index in [0.717, 1.165) is 12.8 Å². The minimum atomic E-state index is -0.436. The number of unbranched alkanes of at least 4 members (excludes halogenated alkanes) is 1. The first-order chi connectivity index (χ1) is 5.31.